The average molecular weight is 538 g/mol. The van der Waals surface area contributed by atoms with Crippen molar-refractivity contribution < 1.29 is 9.18 Å². The van der Waals surface area contributed by atoms with Gasteiger partial charge in [-0.15, -0.1) is 5.10 Å². The number of hydrogen-bond donors (Lipinski definition) is 3. The molecular formula is C31H32FN7O. The summed E-state index contributed by atoms with van der Waals surface area (Å²) in [5.41, 5.74) is 11.9. The molecule has 8 nitrogen and oxygen atoms in total. The molecule has 9 heteroatoms. The number of nitrogens with one attached hydrogen (secondary N) is 2. The van der Waals surface area contributed by atoms with Gasteiger partial charge in [-0.05, 0) is 85.0 Å². The van der Waals surface area contributed by atoms with Gasteiger partial charge in [-0.2, -0.15) is 4.98 Å². The monoisotopic (exact) mass is 537 g/mol. The van der Waals surface area contributed by atoms with Crippen molar-refractivity contribution in [2.45, 2.75) is 26.2 Å². The first-order valence-corrected chi connectivity index (χ1v) is 13.2. The van der Waals surface area contributed by atoms with Crippen LogP contribution in [0, 0.1) is 5.82 Å². The number of allylic oxidation sites excluding steroid dienone is 3. The Morgan fingerprint density at radius 2 is 1.70 bits per heavy atom. The van der Waals surface area contributed by atoms with E-state index in [0.29, 0.717) is 17.3 Å². The van der Waals surface area contributed by atoms with Crippen molar-refractivity contribution in [3.63, 3.8) is 0 Å². The van der Waals surface area contributed by atoms with E-state index in [4.69, 9.17) is 5.73 Å². The summed E-state index contributed by atoms with van der Waals surface area (Å²) in [7, 11) is 0. The molecule has 0 unspecified atom stereocenters. The molecule has 40 heavy (non-hydrogen) atoms. The molecule has 2 aromatic heterocycles. The quantitative estimate of drug-likeness (QED) is 0.244. The fourth-order valence-electron chi connectivity index (χ4n) is 4.51. The van der Waals surface area contributed by atoms with E-state index < -0.39 is 0 Å². The summed E-state index contributed by atoms with van der Waals surface area (Å²) in [6.45, 7) is 7.95. The van der Waals surface area contributed by atoms with Crippen LogP contribution in [0.1, 0.15) is 25.3 Å². The molecule has 2 aromatic carbocycles. The molecule has 0 aliphatic carbocycles. The largest absolute Gasteiger partial charge is 0.385 e. The van der Waals surface area contributed by atoms with Gasteiger partial charge in [-0.3, -0.25) is 4.79 Å². The van der Waals surface area contributed by atoms with Crippen molar-refractivity contribution >= 4 is 23.2 Å². The van der Waals surface area contributed by atoms with Crippen LogP contribution in [0.5, 0.6) is 0 Å². The van der Waals surface area contributed by atoms with Crippen molar-refractivity contribution in [1.82, 2.24) is 19.5 Å². The number of aromatic nitrogens is 3. The molecule has 1 aliphatic rings. The predicted octanol–water partition coefficient (Wildman–Crippen LogP) is 5.48. The highest BCUT2D eigenvalue weighted by Crippen LogP contribution is 2.23. The van der Waals surface area contributed by atoms with E-state index in [1.807, 2.05) is 61.7 Å². The Morgan fingerprint density at radius 1 is 1.00 bits per heavy atom. The lowest BCUT2D eigenvalue weighted by Gasteiger charge is -2.17. The van der Waals surface area contributed by atoms with Gasteiger partial charge in [0.2, 0.25) is 11.9 Å². The molecule has 1 saturated heterocycles. The highest BCUT2D eigenvalue weighted by atomic mass is 19.1. The van der Waals surface area contributed by atoms with E-state index in [2.05, 4.69) is 32.2 Å². The van der Waals surface area contributed by atoms with Crippen molar-refractivity contribution in [3.8, 4) is 11.1 Å². The molecule has 0 bridgehead atoms. The van der Waals surface area contributed by atoms with Crippen LogP contribution in [0.2, 0.25) is 0 Å². The first-order valence-electron chi connectivity index (χ1n) is 13.2. The van der Waals surface area contributed by atoms with Crippen LogP contribution in [0.4, 0.5) is 16.0 Å². The zero-order chi connectivity index (χ0) is 28.1. The number of fused-ring (bicyclic) bond motifs is 1. The van der Waals surface area contributed by atoms with Crippen molar-refractivity contribution in [2.75, 3.05) is 23.7 Å². The number of anilines is 2. The van der Waals surface area contributed by atoms with E-state index in [9.17, 15) is 9.18 Å². The first-order chi connectivity index (χ1) is 19.3. The second-order valence-electron chi connectivity index (χ2n) is 9.86. The predicted molar refractivity (Wildman–Crippen MR) is 157 cm³/mol. The number of nitrogens with two attached hydrogens (primary N) is 1. The SMILES string of the molecule is C=C(C)/C(=C\C=C(/N)N1CCCC1)Nc1nc2ccc(-c3ccc(NC(=O)Cc4ccc(F)cc4)cc3)cn2n1. The lowest BCUT2D eigenvalue weighted by atomic mass is 10.1. The van der Waals surface area contributed by atoms with Gasteiger partial charge in [0.15, 0.2) is 5.65 Å². The summed E-state index contributed by atoms with van der Waals surface area (Å²) >= 11 is 0. The van der Waals surface area contributed by atoms with Gasteiger partial charge in [-0.1, -0.05) is 30.8 Å². The number of nitrogens with zero attached hydrogens (tertiary/aromatic N) is 4. The molecule has 0 radical (unpaired) electrons. The Labute approximate surface area is 232 Å². The fraction of sp³-hybridized carbons (Fsp3) is 0.194. The van der Waals surface area contributed by atoms with Crippen LogP contribution in [0.25, 0.3) is 16.8 Å². The van der Waals surface area contributed by atoms with Gasteiger partial charge < -0.3 is 21.3 Å². The van der Waals surface area contributed by atoms with E-state index in [1.54, 1.807) is 16.6 Å². The first kappa shape index (κ1) is 26.7. The molecule has 204 valence electrons. The van der Waals surface area contributed by atoms with E-state index >= 15 is 0 Å². The minimum absolute atomic E-state index is 0.166. The number of carbonyl (C=O) groups is 1. The van der Waals surface area contributed by atoms with Gasteiger partial charge >= 0.3 is 0 Å². The molecular weight excluding hydrogens is 505 g/mol. The lowest BCUT2D eigenvalue weighted by Crippen LogP contribution is -2.24. The normalized spacial score (nSPS) is 14.0. The molecule has 4 N–H and O–H groups in total. The van der Waals surface area contributed by atoms with Crippen LogP contribution in [0.15, 0.2) is 103 Å². The highest BCUT2D eigenvalue weighted by Gasteiger charge is 2.12. The number of halogens is 1. The zero-order valence-corrected chi connectivity index (χ0v) is 22.4. The fourth-order valence-corrected chi connectivity index (χ4v) is 4.51. The molecule has 0 saturated carbocycles. The highest BCUT2D eigenvalue weighted by molar-refractivity contribution is 5.92. The molecule has 1 amide bonds. The Kier molecular flexibility index (Phi) is 7.91. The van der Waals surface area contributed by atoms with Gasteiger partial charge in [-0.25, -0.2) is 8.91 Å². The maximum atomic E-state index is 13.1. The number of amides is 1. The number of hydrogen-bond acceptors (Lipinski definition) is 6. The van der Waals surface area contributed by atoms with E-state index in [1.165, 1.54) is 12.1 Å². The maximum Gasteiger partial charge on any atom is 0.247 e. The Hall–Kier alpha value is -4.92. The molecule has 3 heterocycles. The molecule has 4 aromatic rings. The summed E-state index contributed by atoms with van der Waals surface area (Å²) < 4.78 is 14.8. The van der Waals surface area contributed by atoms with Crippen LogP contribution in [-0.2, 0) is 11.2 Å². The summed E-state index contributed by atoms with van der Waals surface area (Å²) in [6.07, 6.45) is 8.21. The molecule has 0 spiro atoms. The van der Waals surface area contributed by atoms with Gasteiger partial charge in [0, 0.05) is 36.2 Å². The number of carbonyl (C=O) groups excluding carboxylic acids is 1. The van der Waals surface area contributed by atoms with Crippen LogP contribution in [0.3, 0.4) is 0 Å². The smallest absolute Gasteiger partial charge is 0.247 e. The second kappa shape index (κ2) is 11.9. The van der Waals surface area contributed by atoms with E-state index in [0.717, 1.165) is 59.7 Å². The standard InChI is InChI=1S/C31H32FN7O/c1-21(2)27(14-15-28(33)38-17-3-4-18-38)35-31-36-29-16-9-24(20-39(29)37-31)23-7-12-26(13-8-23)34-30(40)19-22-5-10-25(32)11-6-22/h5-16,20H,1,3-4,17-19,33H2,2H3,(H,34,40)(H,35,37)/b27-14+,28-15+. The van der Waals surface area contributed by atoms with E-state index in [-0.39, 0.29) is 18.1 Å². The third-order valence-corrected chi connectivity index (χ3v) is 6.71. The second-order valence-corrected chi connectivity index (χ2v) is 9.86. The van der Waals surface area contributed by atoms with Crippen LogP contribution in [-0.4, -0.2) is 38.5 Å². The van der Waals surface area contributed by atoms with Gasteiger partial charge in [0.1, 0.15) is 5.82 Å². The molecule has 0 atom stereocenters. The lowest BCUT2D eigenvalue weighted by molar-refractivity contribution is -0.115. The Balaban J connectivity index is 1.26. The van der Waals surface area contributed by atoms with Crippen LogP contribution < -0.4 is 16.4 Å². The number of likely N-dealkylation sites (tertiary alicyclic amines) is 1. The number of rotatable bonds is 9. The van der Waals surface area contributed by atoms with Crippen LogP contribution >= 0.6 is 0 Å². The van der Waals surface area contributed by atoms with Gasteiger partial charge in [0.25, 0.3) is 0 Å². The van der Waals surface area contributed by atoms with Crippen molar-refractivity contribution in [2.24, 2.45) is 5.73 Å². The van der Waals surface area contributed by atoms with Crippen molar-refractivity contribution in [3.05, 3.63) is 114 Å². The zero-order valence-electron chi connectivity index (χ0n) is 22.4. The maximum absolute atomic E-state index is 13.1. The summed E-state index contributed by atoms with van der Waals surface area (Å²) in [5, 5.41) is 10.7. The molecule has 1 fully saturated rings. The minimum atomic E-state index is -0.323. The molecule has 5 rings (SSSR count). The Morgan fingerprint density at radius 3 is 2.40 bits per heavy atom. The third kappa shape index (κ3) is 6.55. The summed E-state index contributed by atoms with van der Waals surface area (Å²) in [6, 6.07) is 17.4. The summed E-state index contributed by atoms with van der Waals surface area (Å²) in [5.74, 6) is 0.708. The minimum Gasteiger partial charge on any atom is -0.385 e. The topological polar surface area (TPSA) is 101 Å². The molecule has 1 aliphatic heterocycles. The summed E-state index contributed by atoms with van der Waals surface area (Å²) in [4.78, 5) is 19.1. The third-order valence-electron chi connectivity index (χ3n) is 6.71. The number of pyridine rings is 1. The average Bonchev–Trinajstić information content (AvgIpc) is 3.62. The van der Waals surface area contributed by atoms with Gasteiger partial charge in [0.05, 0.1) is 12.2 Å². The Bertz CT molecular complexity index is 1580. The van der Waals surface area contributed by atoms with Crippen molar-refractivity contribution in [1.29, 1.82) is 0 Å². The number of benzene rings is 2.